The third-order valence-corrected chi connectivity index (χ3v) is 4.88. The number of aromatic amines is 1. The molecule has 3 aromatic rings. The Morgan fingerprint density at radius 2 is 1.88 bits per heavy atom. The van der Waals surface area contributed by atoms with E-state index in [0.717, 1.165) is 27.7 Å². The van der Waals surface area contributed by atoms with Crippen LogP contribution in [0.25, 0.3) is 22.2 Å². The van der Waals surface area contributed by atoms with Gasteiger partial charge < -0.3 is 14.6 Å². The first-order valence-corrected chi connectivity index (χ1v) is 8.93. The van der Waals surface area contributed by atoms with E-state index in [1.807, 2.05) is 35.2 Å². The van der Waals surface area contributed by atoms with Gasteiger partial charge in [0.15, 0.2) is 0 Å². The van der Waals surface area contributed by atoms with E-state index < -0.39 is 0 Å². The number of hydrogen-bond acceptors (Lipinski definition) is 2. The van der Waals surface area contributed by atoms with Gasteiger partial charge in [0.25, 0.3) is 0 Å². The number of H-pyrrole nitrogens is 1. The molecule has 1 amide bonds. The van der Waals surface area contributed by atoms with Crippen molar-refractivity contribution in [2.75, 3.05) is 26.3 Å². The van der Waals surface area contributed by atoms with Crippen molar-refractivity contribution in [3.05, 3.63) is 59.9 Å². The fraction of sp³-hybridized carbons (Fsp3) is 0.286. The molecule has 0 saturated carbocycles. The van der Waals surface area contributed by atoms with Crippen molar-refractivity contribution in [3.63, 3.8) is 0 Å². The Morgan fingerprint density at radius 1 is 1.12 bits per heavy atom. The number of benzene rings is 2. The third-order valence-electron chi connectivity index (χ3n) is 4.88. The summed E-state index contributed by atoms with van der Waals surface area (Å²) in [5, 5.41) is 0.846. The number of morpholine rings is 1. The molecule has 0 spiro atoms. The van der Waals surface area contributed by atoms with Crippen molar-refractivity contribution in [2.45, 2.75) is 12.8 Å². The van der Waals surface area contributed by atoms with Gasteiger partial charge >= 0.3 is 0 Å². The molecule has 4 rings (SSSR count). The lowest BCUT2D eigenvalue weighted by Gasteiger charge is -2.26. The predicted molar refractivity (Wildman–Crippen MR) is 99.4 cm³/mol. The molecule has 2 aromatic carbocycles. The van der Waals surface area contributed by atoms with Crippen molar-refractivity contribution >= 4 is 16.8 Å². The zero-order chi connectivity index (χ0) is 17.9. The number of fused-ring (bicyclic) bond motifs is 1. The highest BCUT2D eigenvalue weighted by Gasteiger charge is 2.19. The number of nitrogens with zero attached hydrogens (tertiary/aromatic N) is 1. The number of carbonyl (C=O) groups is 1. The number of aryl methyl sites for hydroxylation is 1. The van der Waals surface area contributed by atoms with Gasteiger partial charge in [0, 0.05) is 36.1 Å². The fourth-order valence-corrected chi connectivity index (χ4v) is 3.53. The van der Waals surface area contributed by atoms with Crippen molar-refractivity contribution in [1.82, 2.24) is 9.88 Å². The van der Waals surface area contributed by atoms with Crippen LogP contribution in [0.1, 0.15) is 12.0 Å². The highest BCUT2D eigenvalue weighted by Crippen LogP contribution is 2.32. The molecule has 0 bridgehead atoms. The Kier molecular flexibility index (Phi) is 4.71. The summed E-state index contributed by atoms with van der Waals surface area (Å²) in [5.74, 6) is -0.144. The zero-order valence-corrected chi connectivity index (χ0v) is 14.5. The number of halogens is 1. The van der Waals surface area contributed by atoms with E-state index in [9.17, 15) is 9.18 Å². The highest BCUT2D eigenvalue weighted by molar-refractivity contribution is 5.91. The minimum Gasteiger partial charge on any atom is -0.378 e. The first-order valence-electron chi connectivity index (χ1n) is 8.93. The van der Waals surface area contributed by atoms with Crippen LogP contribution in [0.3, 0.4) is 0 Å². The van der Waals surface area contributed by atoms with Gasteiger partial charge in [0.1, 0.15) is 5.82 Å². The Hall–Kier alpha value is -2.66. The number of ether oxygens (including phenoxy) is 1. The van der Waals surface area contributed by atoms with E-state index in [4.69, 9.17) is 4.74 Å². The summed E-state index contributed by atoms with van der Waals surface area (Å²) in [6.45, 7) is 2.48. The SMILES string of the molecule is O=C(CCc1c(-c2ccccc2)[nH]c2ccc(F)cc12)N1CCOCC1. The van der Waals surface area contributed by atoms with Gasteiger partial charge in [0.2, 0.25) is 5.91 Å². The summed E-state index contributed by atoms with van der Waals surface area (Å²) in [4.78, 5) is 17.8. The lowest BCUT2D eigenvalue weighted by molar-refractivity contribution is -0.135. The second kappa shape index (κ2) is 7.30. The van der Waals surface area contributed by atoms with Crippen LogP contribution in [-0.4, -0.2) is 42.1 Å². The van der Waals surface area contributed by atoms with Gasteiger partial charge in [-0.25, -0.2) is 4.39 Å². The van der Waals surface area contributed by atoms with Gasteiger partial charge in [0.05, 0.1) is 13.2 Å². The van der Waals surface area contributed by atoms with Crippen LogP contribution in [0.5, 0.6) is 0 Å². The van der Waals surface area contributed by atoms with E-state index in [1.165, 1.54) is 6.07 Å². The molecule has 134 valence electrons. The first-order chi connectivity index (χ1) is 12.7. The summed E-state index contributed by atoms with van der Waals surface area (Å²) in [6, 6.07) is 14.7. The van der Waals surface area contributed by atoms with Crippen LogP contribution in [0.15, 0.2) is 48.5 Å². The molecule has 0 radical (unpaired) electrons. The highest BCUT2D eigenvalue weighted by atomic mass is 19.1. The molecule has 0 unspecified atom stereocenters. The molecule has 5 heteroatoms. The quantitative estimate of drug-likeness (QED) is 0.777. The molecular formula is C21H21FN2O2. The van der Waals surface area contributed by atoms with E-state index in [2.05, 4.69) is 4.98 Å². The van der Waals surface area contributed by atoms with E-state index in [-0.39, 0.29) is 11.7 Å². The normalized spacial score (nSPS) is 14.7. The summed E-state index contributed by atoms with van der Waals surface area (Å²) in [6.07, 6.45) is 0.979. The Balaban J connectivity index is 1.65. The average Bonchev–Trinajstić information content (AvgIpc) is 3.05. The lowest BCUT2D eigenvalue weighted by Crippen LogP contribution is -2.40. The van der Waals surface area contributed by atoms with Crippen LogP contribution < -0.4 is 0 Å². The third kappa shape index (κ3) is 3.35. The fourth-order valence-electron chi connectivity index (χ4n) is 3.53. The van der Waals surface area contributed by atoms with Crippen molar-refractivity contribution in [1.29, 1.82) is 0 Å². The molecule has 1 N–H and O–H groups in total. The predicted octanol–water partition coefficient (Wildman–Crippen LogP) is 3.77. The molecule has 2 heterocycles. The van der Waals surface area contributed by atoms with Crippen LogP contribution in [0, 0.1) is 5.82 Å². The Morgan fingerprint density at radius 3 is 2.65 bits per heavy atom. The minimum atomic E-state index is -0.267. The Labute approximate surface area is 151 Å². The van der Waals surface area contributed by atoms with E-state index in [1.54, 1.807) is 12.1 Å². The zero-order valence-electron chi connectivity index (χ0n) is 14.5. The van der Waals surface area contributed by atoms with Gasteiger partial charge in [-0.1, -0.05) is 30.3 Å². The van der Waals surface area contributed by atoms with Gasteiger partial charge in [-0.15, -0.1) is 0 Å². The Bertz CT molecular complexity index is 914. The van der Waals surface area contributed by atoms with E-state index in [0.29, 0.717) is 39.1 Å². The van der Waals surface area contributed by atoms with Gasteiger partial charge in [-0.2, -0.15) is 0 Å². The second-order valence-corrected chi connectivity index (χ2v) is 6.53. The number of carbonyl (C=O) groups excluding carboxylic acids is 1. The largest absolute Gasteiger partial charge is 0.378 e. The molecular weight excluding hydrogens is 331 g/mol. The average molecular weight is 352 g/mol. The molecule has 0 atom stereocenters. The number of hydrogen-bond donors (Lipinski definition) is 1. The van der Waals surface area contributed by atoms with Crippen LogP contribution in [0.4, 0.5) is 4.39 Å². The molecule has 0 aliphatic carbocycles. The lowest BCUT2D eigenvalue weighted by atomic mass is 10.0. The maximum absolute atomic E-state index is 13.8. The maximum atomic E-state index is 13.8. The topological polar surface area (TPSA) is 45.3 Å². The molecule has 1 aliphatic heterocycles. The molecule has 1 fully saturated rings. The maximum Gasteiger partial charge on any atom is 0.223 e. The second-order valence-electron chi connectivity index (χ2n) is 6.53. The summed E-state index contributed by atoms with van der Waals surface area (Å²) in [7, 11) is 0. The van der Waals surface area contributed by atoms with Crippen LogP contribution in [0.2, 0.25) is 0 Å². The van der Waals surface area contributed by atoms with Gasteiger partial charge in [-0.05, 0) is 35.7 Å². The van der Waals surface area contributed by atoms with Crippen molar-refractivity contribution in [2.24, 2.45) is 0 Å². The smallest absolute Gasteiger partial charge is 0.223 e. The van der Waals surface area contributed by atoms with Crippen LogP contribution >= 0.6 is 0 Å². The molecule has 1 saturated heterocycles. The number of nitrogens with one attached hydrogen (secondary N) is 1. The van der Waals surface area contributed by atoms with E-state index >= 15 is 0 Å². The van der Waals surface area contributed by atoms with Crippen molar-refractivity contribution in [3.8, 4) is 11.3 Å². The van der Waals surface area contributed by atoms with Crippen molar-refractivity contribution < 1.29 is 13.9 Å². The molecule has 4 nitrogen and oxygen atoms in total. The number of rotatable bonds is 4. The number of amides is 1. The summed E-state index contributed by atoms with van der Waals surface area (Å²) >= 11 is 0. The van der Waals surface area contributed by atoms with Gasteiger partial charge in [-0.3, -0.25) is 4.79 Å². The number of aromatic nitrogens is 1. The summed E-state index contributed by atoms with van der Waals surface area (Å²) in [5.41, 5.74) is 3.88. The molecule has 1 aliphatic rings. The minimum absolute atomic E-state index is 0.123. The molecule has 26 heavy (non-hydrogen) atoms. The summed E-state index contributed by atoms with van der Waals surface area (Å²) < 4.78 is 19.1. The monoisotopic (exact) mass is 352 g/mol. The first kappa shape index (κ1) is 16.8. The molecule has 1 aromatic heterocycles. The van der Waals surface area contributed by atoms with Crippen LogP contribution in [-0.2, 0) is 16.0 Å². The standard InChI is InChI=1S/C21H21FN2O2/c22-16-6-8-19-18(14-16)17(21(23-19)15-4-2-1-3-5-15)7-9-20(25)24-10-12-26-13-11-24/h1-6,8,14,23H,7,9-13H2.